The Morgan fingerprint density at radius 2 is 1.43 bits per heavy atom. The number of hydrogen-bond donors (Lipinski definition) is 0. The fourth-order valence-electron chi connectivity index (χ4n) is 7.52. The second-order valence-corrected chi connectivity index (χ2v) is 13.1. The van der Waals surface area contributed by atoms with Gasteiger partial charge in [0.15, 0.2) is 0 Å². The van der Waals surface area contributed by atoms with Gasteiger partial charge in [-0.05, 0) is 70.5 Å². The van der Waals surface area contributed by atoms with Gasteiger partial charge in [0, 0.05) is 52.1 Å². The van der Waals surface area contributed by atoms with E-state index < -0.39 is 0 Å². The van der Waals surface area contributed by atoms with E-state index in [1.807, 2.05) is 0 Å². The molecule has 224 valence electrons. The second kappa shape index (κ2) is 11.2. The topological polar surface area (TPSA) is 6.48 Å². The molecule has 2 aliphatic rings. The van der Waals surface area contributed by atoms with Crippen molar-refractivity contribution in [2.45, 2.75) is 38.6 Å². The van der Waals surface area contributed by atoms with Gasteiger partial charge in [-0.2, -0.15) is 0 Å². The molecule has 0 N–H and O–H groups in total. The zero-order valence-electron chi connectivity index (χ0n) is 26.6. The first-order chi connectivity index (χ1) is 22.5. The SMILES string of the molecule is C=C(C/C=C1\Cc2ccc(N(c3ccccc3)c3cccc4ccccc34)cc2C1(C)C)N1Cc2ccccc2-c2ccccc21. The molecular formula is C44H38N2. The molecule has 0 amide bonds. The van der Waals surface area contributed by atoms with Crippen LogP contribution < -0.4 is 9.80 Å². The summed E-state index contributed by atoms with van der Waals surface area (Å²) in [4.78, 5) is 4.82. The normalized spacial score (nSPS) is 15.3. The Morgan fingerprint density at radius 1 is 0.717 bits per heavy atom. The molecule has 0 aromatic heterocycles. The quantitative estimate of drug-likeness (QED) is 0.177. The molecular weight excluding hydrogens is 556 g/mol. The minimum absolute atomic E-state index is 0.0842. The fourth-order valence-corrected chi connectivity index (χ4v) is 7.52. The lowest BCUT2D eigenvalue weighted by Crippen LogP contribution is -2.25. The smallest absolute Gasteiger partial charge is 0.0540 e. The summed E-state index contributed by atoms with van der Waals surface area (Å²) >= 11 is 0. The molecule has 46 heavy (non-hydrogen) atoms. The molecule has 6 aromatic rings. The number of hydrogen-bond acceptors (Lipinski definition) is 2. The third kappa shape index (κ3) is 4.73. The maximum absolute atomic E-state index is 4.61. The van der Waals surface area contributed by atoms with E-state index >= 15 is 0 Å². The van der Waals surface area contributed by atoms with Crippen molar-refractivity contribution in [3.05, 3.63) is 180 Å². The summed E-state index contributed by atoms with van der Waals surface area (Å²) in [6, 6.07) is 50.6. The first-order valence-electron chi connectivity index (χ1n) is 16.3. The maximum atomic E-state index is 4.61. The first kappa shape index (κ1) is 28.2. The van der Waals surface area contributed by atoms with Gasteiger partial charge in [0.1, 0.15) is 0 Å². The van der Waals surface area contributed by atoms with Crippen molar-refractivity contribution in [1.82, 2.24) is 0 Å². The van der Waals surface area contributed by atoms with Crippen molar-refractivity contribution in [2.75, 3.05) is 9.80 Å². The van der Waals surface area contributed by atoms with Crippen LogP contribution in [0.5, 0.6) is 0 Å². The molecule has 8 rings (SSSR count). The number of anilines is 4. The molecule has 0 saturated heterocycles. The predicted molar refractivity (Wildman–Crippen MR) is 195 cm³/mol. The van der Waals surface area contributed by atoms with E-state index in [1.54, 1.807) is 0 Å². The van der Waals surface area contributed by atoms with Gasteiger partial charge in [-0.3, -0.25) is 0 Å². The minimum Gasteiger partial charge on any atom is -0.340 e. The number of fused-ring (bicyclic) bond motifs is 5. The zero-order chi connectivity index (χ0) is 31.3. The van der Waals surface area contributed by atoms with Crippen molar-refractivity contribution < 1.29 is 0 Å². The van der Waals surface area contributed by atoms with Gasteiger partial charge >= 0.3 is 0 Å². The molecule has 0 unspecified atom stereocenters. The zero-order valence-corrected chi connectivity index (χ0v) is 26.6. The standard InChI is InChI=1S/C44H38N2/c1-31(45-30-34-15-8-9-19-38(34)40-21-11-12-22-42(40)45)24-26-35-28-33-25-27-37(29-41(33)44(35,2)3)46(36-17-5-4-6-18-36)43-23-13-16-32-14-7-10-20-39(32)43/h4-23,25-27,29H,1,24,28,30H2,2-3H3/b35-26+. The van der Waals surface area contributed by atoms with Gasteiger partial charge < -0.3 is 9.80 Å². The van der Waals surface area contributed by atoms with Crippen LogP contribution >= 0.6 is 0 Å². The Bertz CT molecular complexity index is 2130. The molecule has 6 aromatic carbocycles. The van der Waals surface area contributed by atoms with Crippen molar-refractivity contribution >= 4 is 33.5 Å². The summed E-state index contributed by atoms with van der Waals surface area (Å²) in [7, 11) is 0. The summed E-state index contributed by atoms with van der Waals surface area (Å²) in [5.74, 6) is 0. The largest absolute Gasteiger partial charge is 0.340 e. The van der Waals surface area contributed by atoms with E-state index in [9.17, 15) is 0 Å². The molecule has 1 aliphatic heterocycles. The highest BCUT2D eigenvalue weighted by atomic mass is 15.2. The molecule has 0 bridgehead atoms. The highest BCUT2D eigenvalue weighted by molar-refractivity contribution is 5.99. The summed E-state index contributed by atoms with van der Waals surface area (Å²) in [6.07, 6.45) is 4.24. The number of allylic oxidation sites excluding steroid dienone is 2. The third-order valence-electron chi connectivity index (χ3n) is 10.0. The Hall–Kier alpha value is -5.34. The molecule has 0 fully saturated rings. The van der Waals surface area contributed by atoms with E-state index in [-0.39, 0.29) is 5.41 Å². The molecule has 0 spiro atoms. The average molecular weight is 595 g/mol. The van der Waals surface area contributed by atoms with Crippen molar-refractivity contribution in [2.24, 2.45) is 0 Å². The third-order valence-corrected chi connectivity index (χ3v) is 10.0. The monoisotopic (exact) mass is 594 g/mol. The summed E-state index contributed by atoms with van der Waals surface area (Å²) in [6.45, 7) is 10.2. The molecule has 0 atom stereocenters. The predicted octanol–water partition coefficient (Wildman–Crippen LogP) is 11.7. The van der Waals surface area contributed by atoms with Crippen molar-refractivity contribution in [1.29, 1.82) is 0 Å². The van der Waals surface area contributed by atoms with E-state index in [0.717, 1.165) is 30.8 Å². The van der Waals surface area contributed by atoms with E-state index in [0.29, 0.717) is 0 Å². The number of para-hydroxylation sites is 2. The average Bonchev–Trinajstić information content (AvgIpc) is 3.36. The summed E-state index contributed by atoms with van der Waals surface area (Å²) in [5.41, 5.74) is 14.1. The van der Waals surface area contributed by atoms with Gasteiger partial charge in [-0.15, -0.1) is 0 Å². The lowest BCUT2D eigenvalue weighted by Gasteiger charge is -2.34. The van der Waals surface area contributed by atoms with E-state index in [4.69, 9.17) is 0 Å². The highest BCUT2D eigenvalue weighted by Crippen LogP contribution is 2.47. The number of rotatable bonds is 6. The Kier molecular flexibility index (Phi) is 6.87. The van der Waals surface area contributed by atoms with Gasteiger partial charge in [-0.25, -0.2) is 0 Å². The van der Waals surface area contributed by atoms with Crippen LogP contribution in [0.3, 0.4) is 0 Å². The number of nitrogens with zero attached hydrogens (tertiary/aromatic N) is 2. The van der Waals surface area contributed by atoms with Crippen molar-refractivity contribution in [3.63, 3.8) is 0 Å². The lowest BCUT2D eigenvalue weighted by molar-refractivity contribution is 0.640. The second-order valence-electron chi connectivity index (χ2n) is 13.1. The van der Waals surface area contributed by atoms with Gasteiger partial charge in [0.05, 0.1) is 5.69 Å². The Balaban J connectivity index is 1.12. The first-order valence-corrected chi connectivity index (χ1v) is 16.3. The van der Waals surface area contributed by atoms with Gasteiger partial charge in [-0.1, -0.05) is 135 Å². The van der Waals surface area contributed by atoms with Crippen LogP contribution in [0.25, 0.3) is 21.9 Å². The maximum Gasteiger partial charge on any atom is 0.0540 e. The molecule has 0 radical (unpaired) electrons. The van der Waals surface area contributed by atoms with E-state index in [1.165, 1.54) is 61.2 Å². The van der Waals surface area contributed by atoms with E-state index in [2.05, 4.69) is 176 Å². The number of benzene rings is 6. The summed E-state index contributed by atoms with van der Waals surface area (Å²) in [5, 5.41) is 2.49. The van der Waals surface area contributed by atoms with Gasteiger partial charge in [0.2, 0.25) is 0 Å². The van der Waals surface area contributed by atoms with Crippen LogP contribution in [-0.4, -0.2) is 0 Å². The molecule has 2 nitrogen and oxygen atoms in total. The molecule has 1 aliphatic carbocycles. The molecule has 2 heteroatoms. The van der Waals surface area contributed by atoms with Crippen LogP contribution in [-0.2, 0) is 18.4 Å². The minimum atomic E-state index is -0.0842. The Labute approximate surface area is 272 Å². The summed E-state index contributed by atoms with van der Waals surface area (Å²) < 4.78 is 0. The molecule has 1 heterocycles. The van der Waals surface area contributed by atoms with Crippen LogP contribution in [0.15, 0.2) is 163 Å². The van der Waals surface area contributed by atoms with Crippen LogP contribution in [0.1, 0.15) is 37.0 Å². The fraction of sp³-hybridized carbons (Fsp3) is 0.136. The van der Waals surface area contributed by atoms with Gasteiger partial charge in [0.25, 0.3) is 0 Å². The van der Waals surface area contributed by atoms with Crippen LogP contribution in [0.4, 0.5) is 22.7 Å². The van der Waals surface area contributed by atoms with Crippen molar-refractivity contribution in [3.8, 4) is 11.1 Å². The van der Waals surface area contributed by atoms with Crippen LogP contribution in [0, 0.1) is 0 Å². The van der Waals surface area contributed by atoms with Crippen LogP contribution in [0.2, 0.25) is 0 Å². The highest BCUT2D eigenvalue weighted by Gasteiger charge is 2.35. The Morgan fingerprint density at radius 3 is 2.30 bits per heavy atom. The lowest BCUT2D eigenvalue weighted by atomic mass is 9.82. The molecule has 0 saturated carbocycles.